The first kappa shape index (κ1) is 14.6. The highest BCUT2D eigenvalue weighted by Crippen LogP contribution is 2.27. The molecule has 19 heavy (non-hydrogen) atoms. The maximum Gasteiger partial charge on any atom is 0.0320 e. The van der Waals surface area contributed by atoms with Crippen LogP contribution in [0.25, 0.3) is 0 Å². The third kappa shape index (κ3) is 4.35. The molecule has 1 fully saturated rings. The Morgan fingerprint density at radius 3 is 2.26 bits per heavy atom. The van der Waals surface area contributed by atoms with Gasteiger partial charge in [0.15, 0.2) is 0 Å². The van der Waals surface area contributed by atoms with E-state index in [0.717, 1.165) is 5.92 Å². The minimum atomic E-state index is 0.513. The van der Waals surface area contributed by atoms with E-state index in [1.165, 1.54) is 50.5 Å². The van der Waals surface area contributed by atoms with Crippen LogP contribution in [0.15, 0.2) is 30.3 Å². The normalized spacial score (nSPS) is 20.7. The standard InChI is InChI=1S/C18H29N/c1-3-18(17-13-9-6-10-14-17)19-15(2)16-11-7-4-5-8-12-16/h6,9-10,13-16,18-19H,3-5,7-8,11-12H2,1-2H3/t15-,18?/m1/s1. The zero-order valence-corrected chi connectivity index (χ0v) is 12.6. The van der Waals surface area contributed by atoms with Crippen LogP contribution in [0.1, 0.15) is 70.4 Å². The van der Waals surface area contributed by atoms with E-state index < -0.39 is 0 Å². The molecule has 0 saturated heterocycles. The predicted molar refractivity (Wildman–Crippen MR) is 83.3 cm³/mol. The van der Waals surface area contributed by atoms with Crippen LogP contribution in [0.5, 0.6) is 0 Å². The van der Waals surface area contributed by atoms with Crippen LogP contribution < -0.4 is 5.32 Å². The topological polar surface area (TPSA) is 12.0 Å². The predicted octanol–water partition coefficient (Wildman–Crippen LogP) is 5.09. The summed E-state index contributed by atoms with van der Waals surface area (Å²) in [5.41, 5.74) is 1.44. The number of hydrogen-bond donors (Lipinski definition) is 1. The maximum absolute atomic E-state index is 3.88. The molecule has 1 unspecified atom stereocenters. The number of hydrogen-bond acceptors (Lipinski definition) is 1. The molecule has 0 spiro atoms. The van der Waals surface area contributed by atoms with Gasteiger partial charge in [-0.15, -0.1) is 0 Å². The number of rotatable bonds is 5. The molecule has 1 aromatic carbocycles. The fourth-order valence-electron chi connectivity index (χ4n) is 3.40. The summed E-state index contributed by atoms with van der Waals surface area (Å²) in [4.78, 5) is 0. The van der Waals surface area contributed by atoms with E-state index in [-0.39, 0.29) is 0 Å². The Labute approximate surface area is 118 Å². The van der Waals surface area contributed by atoms with E-state index in [4.69, 9.17) is 0 Å². The molecule has 0 amide bonds. The van der Waals surface area contributed by atoms with Gasteiger partial charge in [0.2, 0.25) is 0 Å². The van der Waals surface area contributed by atoms with E-state index in [0.29, 0.717) is 12.1 Å². The van der Waals surface area contributed by atoms with Crippen molar-refractivity contribution in [2.45, 2.75) is 70.9 Å². The Balaban J connectivity index is 1.93. The molecular weight excluding hydrogens is 230 g/mol. The zero-order valence-electron chi connectivity index (χ0n) is 12.6. The first-order valence-electron chi connectivity index (χ1n) is 8.12. The van der Waals surface area contributed by atoms with E-state index >= 15 is 0 Å². The van der Waals surface area contributed by atoms with Gasteiger partial charge >= 0.3 is 0 Å². The van der Waals surface area contributed by atoms with Gasteiger partial charge in [-0.25, -0.2) is 0 Å². The van der Waals surface area contributed by atoms with Crippen LogP contribution in [-0.2, 0) is 0 Å². The second kappa shape index (κ2) is 7.69. The lowest BCUT2D eigenvalue weighted by atomic mass is 9.91. The molecule has 1 N–H and O–H groups in total. The SMILES string of the molecule is CCC(N[C@H](C)C1CCCCCC1)c1ccccc1. The highest BCUT2D eigenvalue weighted by molar-refractivity contribution is 5.18. The summed E-state index contributed by atoms with van der Waals surface area (Å²) in [6.45, 7) is 4.67. The summed E-state index contributed by atoms with van der Waals surface area (Å²) >= 11 is 0. The van der Waals surface area contributed by atoms with Crippen molar-refractivity contribution in [1.82, 2.24) is 5.32 Å². The lowest BCUT2D eigenvalue weighted by Gasteiger charge is -2.28. The molecule has 0 aliphatic heterocycles. The Kier molecular flexibility index (Phi) is 5.91. The molecule has 0 bridgehead atoms. The highest BCUT2D eigenvalue weighted by Gasteiger charge is 2.21. The van der Waals surface area contributed by atoms with Gasteiger partial charge < -0.3 is 5.32 Å². The van der Waals surface area contributed by atoms with Crippen molar-refractivity contribution in [2.75, 3.05) is 0 Å². The summed E-state index contributed by atoms with van der Waals surface area (Å²) in [5.74, 6) is 0.875. The molecule has 1 nitrogen and oxygen atoms in total. The molecule has 1 saturated carbocycles. The molecule has 2 rings (SSSR count). The molecule has 1 aliphatic rings. The van der Waals surface area contributed by atoms with Gasteiger partial charge in [-0.1, -0.05) is 62.9 Å². The first-order valence-corrected chi connectivity index (χ1v) is 8.12. The Hall–Kier alpha value is -0.820. The van der Waals surface area contributed by atoms with Gasteiger partial charge in [-0.05, 0) is 37.7 Å². The molecule has 1 aromatic rings. The highest BCUT2D eigenvalue weighted by atomic mass is 14.9. The Bertz CT molecular complexity index is 338. The lowest BCUT2D eigenvalue weighted by Crippen LogP contribution is -2.36. The van der Waals surface area contributed by atoms with Crippen molar-refractivity contribution < 1.29 is 0 Å². The van der Waals surface area contributed by atoms with Crippen molar-refractivity contribution in [3.63, 3.8) is 0 Å². The Morgan fingerprint density at radius 1 is 1.05 bits per heavy atom. The van der Waals surface area contributed by atoms with Gasteiger partial charge in [0.1, 0.15) is 0 Å². The summed E-state index contributed by atoms with van der Waals surface area (Å²) in [7, 11) is 0. The van der Waals surface area contributed by atoms with Crippen LogP contribution in [0.4, 0.5) is 0 Å². The molecule has 0 aromatic heterocycles. The second-order valence-corrected chi connectivity index (χ2v) is 6.08. The molecule has 2 atom stereocenters. The fraction of sp³-hybridized carbons (Fsp3) is 0.667. The quantitative estimate of drug-likeness (QED) is 0.727. The van der Waals surface area contributed by atoms with Gasteiger partial charge in [-0.3, -0.25) is 0 Å². The molecule has 106 valence electrons. The van der Waals surface area contributed by atoms with Crippen molar-refractivity contribution in [2.24, 2.45) is 5.92 Å². The van der Waals surface area contributed by atoms with Gasteiger partial charge in [0.25, 0.3) is 0 Å². The summed E-state index contributed by atoms with van der Waals surface area (Å²) in [5, 5.41) is 3.88. The molecule has 1 aliphatic carbocycles. The average Bonchev–Trinajstić information content (AvgIpc) is 2.74. The third-order valence-corrected chi connectivity index (χ3v) is 4.68. The Morgan fingerprint density at radius 2 is 1.68 bits per heavy atom. The van der Waals surface area contributed by atoms with Crippen molar-refractivity contribution >= 4 is 0 Å². The average molecular weight is 259 g/mol. The monoisotopic (exact) mass is 259 g/mol. The maximum atomic E-state index is 3.88. The van der Waals surface area contributed by atoms with Crippen LogP contribution in [0, 0.1) is 5.92 Å². The van der Waals surface area contributed by atoms with E-state index in [1.807, 2.05) is 0 Å². The number of nitrogens with one attached hydrogen (secondary N) is 1. The summed E-state index contributed by atoms with van der Waals surface area (Å²) < 4.78 is 0. The van der Waals surface area contributed by atoms with Crippen LogP contribution in [0.2, 0.25) is 0 Å². The van der Waals surface area contributed by atoms with Crippen LogP contribution in [-0.4, -0.2) is 6.04 Å². The molecular formula is C18H29N. The van der Waals surface area contributed by atoms with Gasteiger partial charge in [-0.2, -0.15) is 0 Å². The number of benzene rings is 1. The fourth-order valence-corrected chi connectivity index (χ4v) is 3.40. The van der Waals surface area contributed by atoms with E-state index in [9.17, 15) is 0 Å². The molecule has 0 radical (unpaired) electrons. The minimum Gasteiger partial charge on any atom is -0.307 e. The largest absolute Gasteiger partial charge is 0.307 e. The smallest absolute Gasteiger partial charge is 0.0320 e. The van der Waals surface area contributed by atoms with Crippen molar-refractivity contribution in [3.05, 3.63) is 35.9 Å². The van der Waals surface area contributed by atoms with Crippen molar-refractivity contribution in [3.8, 4) is 0 Å². The van der Waals surface area contributed by atoms with E-state index in [1.54, 1.807) is 0 Å². The van der Waals surface area contributed by atoms with Crippen molar-refractivity contribution in [1.29, 1.82) is 0 Å². The summed E-state index contributed by atoms with van der Waals surface area (Å²) in [6.07, 6.45) is 9.75. The minimum absolute atomic E-state index is 0.513. The zero-order chi connectivity index (χ0) is 13.5. The van der Waals surface area contributed by atoms with Crippen LogP contribution in [0.3, 0.4) is 0 Å². The van der Waals surface area contributed by atoms with Gasteiger partial charge in [0, 0.05) is 12.1 Å². The lowest BCUT2D eigenvalue weighted by molar-refractivity contribution is 0.306. The second-order valence-electron chi connectivity index (χ2n) is 6.08. The third-order valence-electron chi connectivity index (χ3n) is 4.68. The molecule has 1 heteroatoms. The summed E-state index contributed by atoms with van der Waals surface area (Å²) in [6, 6.07) is 12.1. The van der Waals surface area contributed by atoms with Crippen LogP contribution >= 0.6 is 0 Å². The van der Waals surface area contributed by atoms with Gasteiger partial charge in [0.05, 0.1) is 0 Å². The first-order chi connectivity index (χ1) is 9.31. The molecule has 0 heterocycles. The van der Waals surface area contributed by atoms with E-state index in [2.05, 4.69) is 49.5 Å².